The number of nitrogens with one attached hydrogen (secondary N) is 1. The highest BCUT2D eigenvalue weighted by atomic mass is 16.5. The minimum Gasteiger partial charge on any atom is -0.543 e. The zero-order valence-electron chi connectivity index (χ0n) is 8.79. The smallest absolute Gasteiger partial charge is 0.378 e. The lowest BCUT2D eigenvalue weighted by Gasteiger charge is -2.20. The van der Waals surface area contributed by atoms with E-state index in [0.29, 0.717) is 5.92 Å². The molecule has 0 bridgehead atoms. The number of rotatable bonds is 5. The van der Waals surface area contributed by atoms with E-state index >= 15 is 0 Å². The molecular weight excluding hydrogens is 177 g/mol. The Morgan fingerprint density at radius 2 is 2.50 bits per heavy atom. The van der Waals surface area contributed by atoms with E-state index in [4.69, 9.17) is 8.05 Å². The van der Waals surface area contributed by atoms with Gasteiger partial charge in [0, 0.05) is 0 Å². The molecule has 14 heavy (non-hydrogen) atoms. The highest BCUT2D eigenvalue weighted by molar-refractivity contribution is 6.05. The summed E-state index contributed by atoms with van der Waals surface area (Å²) in [5.74, 6) is 0.166. The van der Waals surface area contributed by atoms with Crippen molar-refractivity contribution in [2.24, 2.45) is 11.8 Å². The molecule has 0 saturated carbocycles. The average molecular weight is 195 g/mol. The van der Waals surface area contributed by atoms with E-state index in [2.05, 4.69) is 16.9 Å². The first-order chi connectivity index (χ1) is 6.79. The molecule has 4 heteroatoms. The number of hydrogen-bond acceptors (Lipinski definition) is 3. The average Bonchev–Trinajstić information content (AvgIpc) is 2.71. The zero-order valence-corrected chi connectivity index (χ0v) is 8.79. The van der Waals surface area contributed by atoms with Gasteiger partial charge in [-0.25, -0.2) is 0 Å². The fraction of sp³-hybridized carbons (Fsp3) is 0.900. The van der Waals surface area contributed by atoms with Crippen LogP contribution >= 0.6 is 0 Å². The highest BCUT2D eigenvalue weighted by Crippen LogP contribution is 2.25. The van der Waals surface area contributed by atoms with Crippen LogP contribution in [0, 0.1) is 11.8 Å². The highest BCUT2D eigenvalue weighted by Gasteiger charge is 2.30. The molecule has 2 atom stereocenters. The van der Waals surface area contributed by atoms with Gasteiger partial charge in [0.2, 0.25) is 0 Å². The third-order valence-corrected chi connectivity index (χ3v) is 2.96. The maximum absolute atomic E-state index is 11.4. The van der Waals surface area contributed by atoms with E-state index in [1.165, 1.54) is 0 Å². The van der Waals surface area contributed by atoms with Gasteiger partial charge in [-0.3, -0.25) is 4.79 Å². The van der Waals surface area contributed by atoms with E-state index in [9.17, 15) is 4.79 Å². The Labute approximate surface area is 87.0 Å². The molecule has 1 saturated heterocycles. The molecule has 0 amide bonds. The molecule has 0 aliphatic carbocycles. The fourth-order valence-electron chi connectivity index (χ4n) is 2.08. The summed E-state index contributed by atoms with van der Waals surface area (Å²) >= 11 is 0. The number of carbonyl (C=O) groups is 1. The Morgan fingerprint density at radius 3 is 3.00 bits per heavy atom. The van der Waals surface area contributed by atoms with Crippen molar-refractivity contribution >= 4 is 14.0 Å². The minimum atomic E-state index is -0.243. The molecule has 1 N–H and O–H groups in total. The lowest BCUT2D eigenvalue weighted by Crippen LogP contribution is -2.27. The monoisotopic (exact) mass is 195 g/mol. The van der Waals surface area contributed by atoms with Crippen LogP contribution in [-0.4, -0.2) is 27.1 Å². The van der Waals surface area contributed by atoms with Crippen molar-refractivity contribution in [3.63, 3.8) is 0 Å². The van der Waals surface area contributed by atoms with Gasteiger partial charge < -0.3 is 9.97 Å². The molecule has 1 unspecified atom stereocenters. The van der Waals surface area contributed by atoms with Gasteiger partial charge in [-0.1, -0.05) is 19.8 Å². The van der Waals surface area contributed by atoms with Crippen molar-refractivity contribution in [2.75, 3.05) is 13.1 Å². The van der Waals surface area contributed by atoms with Crippen LogP contribution in [0.15, 0.2) is 0 Å². The van der Waals surface area contributed by atoms with Gasteiger partial charge in [-0.15, -0.1) is 0 Å². The maximum Gasteiger partial charge on any atom is 0.378 e. The van der Waals surface area contributed by atoms with Crippen LogP contribution in [-0.2, 0) is 9.45 Å². The first kappa shape index (κ1) is 11.6. The van der Waals surface area contributed by atoms with Crippen molar-refractivity contribution in [1.29, 1.82) is 0 Å². The molecule has 1 aliphatic rings. The summed E-state index contributed by atoms with van der Waals surface area (Å²) in [5, 5.41) is 3.26. The molecule has 0 aromatic rings. The maximum atomic E-state index is 11.4. The van der Waals surface area contributed by atoms with Gasteiger partial charge in [-0.2, -0.15) is 0 Å². The summed E-state index contributed by atoms with van der Waals surface area (Å²) in [7, 11) is 4.94. The minimum absolute atomic E-state index is 0.00468. The zero-order chi connectivity index (χ0) is 10.4. The Morgan fingerprint density at radius 1 is 1.71 bits per heavy atom. The van der Waals surface area contributed by atoms with E-state index in [-0.39, 0.29) is 11.9 Å². The molecule has 1 aliphatic heterocycles. The Kier molecular flexibility index (Phi) is 5.01. The van der Waals surface area contributed by atoms with E-state index < -0.39 is 0 Å². The lowest BCUT2D eigenvalue weighted by molar-refractivity contribution is -0.140. The number of hydrogen-bond donors (Lipinski definition) is 1. The van der Waals surface area contributed by atoms with Crippen molar-refractivity contribution in [1.82, 2.24) is 5.32 Å². The predicted molar refractivity (Wildman–Crippen MR) is 55.8 cm³/mol. The molecule has 0 spiro atoms. The van der Waals surface area contributed by atoms with Crippen LogP contribution in [0.2, 0.25) is 0 Å². The fourth-order valence-corrected chi connectivity index (χ4v) is 2.08. The van der Waals surface area contributed by atoms with Crippen LogP contribution < -0.4 is 5.32 Å². The second-order valence-corrected chi connectivity index (χ2v) is 3.94. The largest absolute Gasteiger partial charge is 0.543 e. The van der Waals surface area contributed by atoms with Gasteiger partial charge in [0.15, 0.2) is 0 Å². The summed E-state index contributed by atoms with van der Waals surface area (Å²) in [5.41, 5.74) is 0. The molecule has 1 rings (SSSR count). The lowest BCUT2D eigenvalue weighted by atomic mass is 9.87. The third kappa shape index (κ3) is 3.01. The second-order valence-electron chi connectivity index (χ2n) is 3.94. The summed E-state index contributed by atoms with van der Waals surface area (Å²) in [6.07, 6.45) is 4.13. The third-order valence-electron chi connectivity index (χ3n) is 2.96. The molecule has 0 aromatic carbocycles. The van der Waals surface area contributed by atoms with E-state index in [1.54, 1.807) is 0 Å². The first-order valence-electron chi connectivity index (χ1n) is 5.40. The van der Waals surface area contributed by atoms with Gasteiger partial charge in [-0.05, 0) is 31.8 Å². The van der Waals surface area contributed by atoms with E-state index in [1.807, 2.05) is 0 Å². The Hall–Kier alpha value is -0.505. The molecule has 2 radical (unpaired) electrons. The van der Waals surface area contributed by atoms with Crippen LogP contribution in [0.4, 0.5) is 0 Å². The summed E-state index contributed by atoms with van der Waals surface area (Å²) < 4.78 is 4.36. The topological polar surface area (TPSA) is 38.3 Å². The van der Waals surface area contributed by atoms with Crippen LogP contribution in [0.1, 0.15) is 32.6 Å². The summed E-state index contributed by atoms with van der Waals surface area (Å²) in [6.45, 7) is 4.05. The molecular formula is C10H18BNO2. The standard InChI is InChI=1S/C10H18BNO2/c1-2-3-4-9(10(13)14-11)8-5-6-12-7-8/h8-9,12H,2-7H2,1H3/t8-,9?/m0/s1. The molecule has 3 nitrogen and oxygen atoms in total. The normalized spacial score (nSPS) is 23.4. The van der Waals surface area contributed by atoms with Crippen molar-refractivity contribution in [2.45, 2.75) is 32.6 Å². The van der Waals surface area contributed by atoms with Gasteiger partial charge in [0.05, 0.1) is 5.92 Å². The van der Waals surface area contributed by atoms with Crippen LogP contribution in [0.25, 0.3) is 0 Å². The van der Waals surface area contributed by atoms with Crippen LogP contribution in [0.5, 0.6) is 0 Å². The second kappa shape index (κ2) is 6.07. The SMILES string of the molecule is [B]OC(=O)C(CCCC)[C@H]1CCNC1. The number of unbranched alkanes of at least 4 members (excludes halogenated alkanes) is 1. The van der Waals surface area contributed by atoms with Crippen molar-refractivity contribution in [3.8, 4) is 0 Å². The molecule has 1 fully saturated rings. The first-order valence-corrected chi connectivity index (χ1v) is 5.40. The van der Waals surface area contributed by atoms with Crippen molar-refractivity contribution < 1.29 is 9.45 Å². The van der Waals surface area contributed by atoms with Gasteiger partial charge in [0.25, 0.3) is 5.97 Å². The molecule has 0 aromatic heterocycles. The van der Waals surface area contributed by atoms with E-state index in [0.717, 1.165) is 38.8 Å². The van der Waals surface area contributed by atoms with Gasteiger partial charge in [0.1, 0.15) is 0 Å². The molecule has 78 valence electrons. The molecule has 1 heterocycles. The predicted octanol–water partition coefficient (Wildman–Crippen LogP) is 1.03. The Balaban J connectivity index is 2.46. The quantitative estimate of drug-likeness (QED) is 0.665. The van der Waals surface area contributed by atoms with Gasteiger partial charge >= 0.3 is 8.05 Å². The summed E-state index contributed by atoms with van der Waals surface area (Å²) in [4.78, 5) is 11.4. The Bertz CT molecular complexity index is 181. The van der Waals surface area contributed by atoms with Crippen LogP contribution in [0.3, 0.4) is 0 Å². The number of carbonyl (C=O) groups excluding carboxylic acids is 1. The van der Waals surface area contributed by atoms with Crippen molar-refractivity contribution in [3.05, 3.63) is 0 Å². The summed E-state index contributed by atoms with van der Waals surface area (Å²) in [6, 6.07) is 0.